The van der Waals surface area contributed by atoms with Crippen molar-refractivity contribution in [2.45, 2.75) is 6.54 Å². The van der Waals surface area contributed by atoms with Crippen LogP contribution in [0.3, 0.4) is 0 Å². The van der Waals surface area contributed by atoms with Crippen molar-refractivity contribution in [1.82, 2.24) is 15.0 Å². The highest BCUT2D eigenvalue weighted by molar-refractivity contribution is 9.10. The van der Waals surface area contributed by atoms with Crippen LogP contribution in [0.2, 0.25) is 5.02 Å². The molecule has 0 unspecified atom stereocenters. The average molecular weight is 447 g/mol. The van der Waals surface area contributed by atoms with E-state index >= 15 is 0 Å². The van der Waals surface area contributed by atoms with Crippen LogP contribution in [0.4, 0.5) is 0 Å². The lowest BCUT2D eigenvalue weighted by atomic mass is 10.1. The molecule has 4 aromatic rings. The van der Waals surface area contributed by atoms with Crippen molar-refractivity contribution < 1.29 is 9.15 Å². The van der Waals surface area contributed by atoms with Gasteiger partial charge in [0.25, 0.3) is 0 Å². The van der Waals surface area contributed by atoms with Gasteiger partial charge in [-0.1, -0.05) is 32.7 Å². The van der Waals surface area contributed by atoms with Crippen molar-refractivity contribution in [2.75, 3.05) is 7.11 Å². The Morgan fingerprint density at radius 3 is 2.85 bits per heavy atom. The molecular formula is C19H13BrClN3O3. The molecule has 0 saturated carbocycles. The molecule has 0 spiro atoms. The summed E-state index contributed by atoms with van der Waals surface area (Å²) in [6.45, 7) is 0.390. The van der Waals surface area contributed by atoms with Crippen LogP contribution in [0, 0.1) is 0 Å². The number of rotatable bonds is 4. The Bertz CT molecular complexity index is 1200. The minimum absolute atomic E-state index is 0.390. The molecule has 0 bridgehead atoms. The van der Waals surface area contributed by atoms with Gasteiger partial charge in [0.1, 0.15) is 17.0 Å². The molecule has 2 aromatic carbocycles. The minimum atomic E-state index is -0.405. The summed E-state index contributed by atoms with van der Waals surface area (Å²) in [6.07, 6.45) is 1.80. The zero-order valence-corrected chi connectivity index (χ0v) is 16.5. The first-order valence-corrected chi connectivity index (χ1v) is 9.17. The van der Waals surface area contributed by atoms with Gasteiger partial charge in [-0.05, 0) is 42.0 Å². The van der Waals surface area contributed by atoms with Crippen LogP contribution in [0.1, 0.15) is 5.56 Å². The van der Waals surface area contributed by atoms with Gasteiger partial charge in [-0.2, -0.15) is 0 Å². The SMILES string of the molecule is COc1ccc(-c2cn(Cc3cc(=O)oc4cc(Br)ccc34)nn2)cc1Cl. The van der Waals surface area contributed by atoms with Crippen LogP contribution in [0.15, 0.2) is 62.3 Å². The van der Waals surface area contributed by atoms with Crippen molar-refractivity contribution in [1.29, 1.82) is 0 Å². The van der Waals surface area contributed by atoms with Gasteiger partial charge >= 0.3 is 5.63 Å². The van der Waals surface area contributed by atoms with Gasteiger partial charge in [0.05, 0.1) is 24.9 Å². The summed E-state index contributed by atoms with van der Waals surface area (Å²) in [5.74, 6) is 0.599. The molecule has 0 amide bonds. The highest BCUT2D eigenvalue weighted by atomic mass is 79.9. The third kappa shape index (κ3) is 3.61. The molecule has 4 rings (SSSR count). The molecule has 8 heteroatoms. The highest BCUT2D eigenvalue weighted by Crippen LogP contribution is 2.29. The summed E-state index contributed by atoms with van der Waals surface area (Å²) >= 11 is 9.57. The Labute approximate surface area is 167 Å². The molecule has 0 aliphatic carbocycles. The van der Waals surface area contributed by atoms with E-state index in [0.717, 1.165) is 21.0 Å². The van der Waals surface area contributed by atoms with Gasteiger partial charge < -0.3 is 9.15 Å². The summed E-state index contributed by atoms with van der Waals surface area (Å²) < 4.78 is 13.0. The maximum Gasteiger partial charge on any atom is 0.336 e. The Morgan fingerprint density at radius 1 is 1.22 bits per heavy atom. The van der Waals surface area contributed by atoms with E-state index in [2.05, 4.69) is 26.2 Å². The Morgan fingerprint density at radius 2 is 2.07 bits per heavy atom. The minimum Gasteiger partial charge on any atom is -0.495 e. The number of nitrogens with zero attached hydrogens (tertiary/aromatic N) is 3. The lowest BCUT2D eigenvalue weighted by Gasteiger charge is -2.05. The quantitative estimate of drug-likeness (QED) is 0.431. The number of hydrogen-bond donors (Lipinski definition) is 0. The molecule has 2 aromatic heterocycles. The van der Waals surface area contributed by atoms with Crippen LogP contribution in [-0.4, -0.2) is 22.1 Å². The van der Waals surface area contributed by atoms with Gasteiger partial charge in [-0.3, -0.25) is 0 Å². The summed E-state index contributed by atoms with van der Waals surface area (Å²) in [7, 11) is 1.57. The maximum atomic E-state index is 11.9. The van der Waals surface area contributed by atoms with Crippen LogP contribution >= 0.6 is 27.5 Å². The lowest BCUT2D eigenvalue weighted by molar-refractivity contribution is 0.415. The van der Waals surface area contributed by atoms with E-state index in [1.165, 1.54) is 6.07 Å². The summed E-state index contributed by atoms with van der Waals surface area (Å²) in [4.78, 5) is 11.9. The van der Waals surface area contributed by atoms with Crippen molar-refractivity contribution >= 4 is 38.5 Å². The van der Waals surface area contributed by atoms with Crippen LogP contribution in [0.25, 0.3) is 22.2 Å². The third-order valence-electron chi connectivity index (χ3n) is 4.11. The summed E-state index contributed by atoms with van der Waals surface area (Å²) in [5, 5.41) is 9.72. The van der Waals surface area contributed by atoms with Gasteiger partial charge in [0.15, 0.2) is 0 Å². The summed E-state index contributed by atoms with van der Waals surface area (Å²) in [5.41, 5.74) is 2.42. The number of halogens is 2. The molecule has 0 radical (unpaired) electrons. The predicted molar refractivity (Wildman–Crippen MR) is 106 cm³/mol. The standard InChI is InChI=1S/C19H13BrClN3O3/c1-26-17-5-2-11(6-15(17)21)16-10-24(23-22-16)9-12-7-19(25)27-18-8-13(20)3-4-14(12)18/h2-8,10H,9H2,1H3. The number of benzene rings is 2. The average Bonchev–Trinajstić information content (AvgIpc) is 3.09. The molecule has 0 aliphatic heterocycles. The molecule has 0 fully saturated rings. The topological polar surface area (TPSA) is 70.2 Å². The van der Waals surface area contributed by atoms with E-state index in [0.29, 0.717) is 28.6 Å². The lowest BCUT2D eigenvalue weighted by Crippen LogP contribution is -2.06. The molecule has 0 atom stereocenters. The highest BCUT2D eigenvalue weighted by Gasteiger charge is 2.11. The van der Waals surface area contributed by atoms with Crippen molar-refractivity contribution in [3.8, 4) is 17.0 Å². The van der Waals surface area contributed by atoms with E-state index in [9.17, 15) is 4.79 Å². The summed E-state index contributed by atoms with van der Waals surface area (Å²) in [6, 6.07) is 12.5. The Balaban J connectivity index is 1.68. The second kappa shape index (κ2) is 7.17. The number of fused-ring (bicyclic) bond motifs is 1. The fourth-order valence-corrected chi connectivity index (χ4v) is 3.44. The van der Waals surface area contributed by atoms with E-state index in [1.807, 2.05) is 18.2 Å². The number of aromatic nitrogens is 3. The van der Waals surface area contributed by atoms with Gasteiger partial charge in [0, 0.05) is 21.5 Å². The fourth-order valence-electron chi connectivity index (χ4n) is 2.84. The second-order valence-electron chi connectivity index (χ2n) is 5.88. The third-order valence-corrected chi connectivity index (χ3v) is 4.90. The van der Waals surface area contributed by atoms with Crippen molar-refractivity contribution in [3.63, 3.8) is 0 Å². The van der Waals surface area contributed by atoms with E-state index in [-0.39, 0.29) is 0 Å². The number of ether oxygens (including phenoxy) is 1. The molecule has 0 aliphatic rings. The molecule has 0 N–H and O–H groups in total. The normalized spacial score (nSPS) is 11.1. The molecule has 136 valence electrons. The molecular weight excluding hydrogens is 434 g/mol. The molecule has 0 saturated heterocycles. The van der Waals surface area contributed by atoms with Crippen molar-refractivity contribution in [3.05, 3.63) is 74.1 Å². The smallest absolute Gasteiger partial charge is 0.336 e. The predicted octanol–water partition coefficient (Wildman–Crippen LogP) is 4.52. The zero-order valence-electron chi connectivity index (χ0n) is 14.1. The molecule has 27 heavy (non-hydrogen) atoms. The number of hydrogen-bond acceptors (Lipinski definition) is 5. The largest absolute Gasteiger partial charge is 0.495 e. The van der Waals surface area contributed by atoms with Gasteiger partial charge in [0.2, 0.25) is 0 Å². The van der Waals surface area contributed by atoms with Crippen molar-refractivity contribution in [2.24, 2.45) is 0 Å². The Kier molecular flexibility index (Phi) is 4.72. The van der Waals surface area contributed by atoms with Gasteiger partial charge in [-0.15, -0.1) is 5.10 Å². The monoisotopic (exact) mass is 445 g/mol. The molecule has 2 heterocycles. The van der Waals surface area contributed by atoms with E-state index in [1.54, 1.807) is 36.2 Å². The van der Waals surface area contributed by atoms with Crippen LogP contribution in [0.5, 0.6) is 5.75 Å². The van der Waals surface area contributed by atoms with Gasteiger partial charge in [-0.25, -0.2) is 9.48 Å². The molecule has 6 nitrogen and oxygen atoms in total. The first kappa shape index (κ1) is 17.8. The Hall–Kier alpha value is -2.64. The first-order chi connectivity index (χ1) is 13.0. The van der Waals surface area contributed by atoms with Crippen LogP contribution < -0.4 is 10.4 Å². The maximum absolute atomic E-state index is 11.9. The number of methoxy groups -OCH3 is 1. The zero-order chi connectivity index (χ0) is 19.0. The second-order valence-corrected chi connectivity index (χ2v) is 7.20. The fraction of sp³-hybridized carbons (Fsp3) is 0.105. The van der Waals surface area contributed by atoms with E-state index < -0.39 is 5.63 Å². The van der Waals surface area contributed by atoms with E-state index in [4.69, 9.17) is 20.8 Å². The first-order valence-electron chi connectivity index (χ1n) is 8.00. The van der Waals surface area contributed by atoms with Crippen LogP contribution in [-0.2, 0) is 6.54 Å².